The second kappa shape index (κ2) is 9.03. The molecular formula is C22H23ClN4O4. The summed E-state index contributed by atoms with van der Waals surface area (Å²) < 4.78 is 11.6. The summed E-state index contributed by atoms with van der Waals surface area (Å²) >= 11 is 5.74. The summed E-state index contributed by atoms with van der Waals surface area (Å²) in [6.45, 7) is 2.76. The van der Waals surface area contributed by atoms with Crippen molar-refractivity contribution >= 4 is 39.9 Å². The number of nitrogens with zero attached hydrogens (tertiary/aromatic N) is 3. The number of fused-ring (bicyclic) bond motifs is 1. The number of piperidine rings is 1. The minimum absolute atomic E-state index is 0.0935. The van der Waals surface area contributed by atoms with Gasteiger partial charge >= 0.3 is 0 Å². The highest BCUT2D eigenvalue weighted by molar-refractivity contribution is 6.47. The minimum Gasteiger partial charge on any atom is -0.493 e. The molecule has 0 radical (unpaired) electrons. The van der Waals surface area contributed by atoms with Gasteiger partial charge in [0.2, 0.25) is 5.78 Å². The van der Waals surface area contributed by atoms with E-state index in [4.69, 9.17) is 21.1 Å². The number of methoxy groups -OCH3 is 1. The van der Waals surface area contributed by atoms with Crippen molar-refractivity contribution in [1.29, 1.82) is 0 Å². The lowest BCUT2D eigenvalue weighted by Crippen LogP contribution is -2.32. The van der Waals surface area contributed by atoms with E-state index in [0.29, 0.717) is 40.7 Å². The summed E-state index contributed by atoms with van der Waals surface area (Å²) in [4.78, 5) is 34.9. The van der Waals surface area contributed by atoms with Crippen LogP contribution in [0.3, 0.4) is 0 Å². The van der Waals surface area contributed by atoms with Crippen molar-refractivity contribution in [2.24, 2.45) is 5.92 Å². The molecule has 162 valence electrons. The molecule has 2 heterocycles. The smallest absolute Gasteiger partial charge is 0.203 e. The molecule has 1 fully saturated rings. The molecule has 1 aromatic heterocycles. The first-order valence-electron chi connectivity index (χ1n) is 10.0. The maximum absolute atomic E-state index is 12.2. The summed E-state index contributed by atoms with van der Waals surface area (Å²) in [5, 5.41) is 3.44. The molecule has 2 aliphatic rings. The van der Waals surface area contributed by atoms with Gasteiger partial charge in [-0.2, -0.15) is 0 Å². The van der Waals surface area contributed by atoms with Gasteiger partial charge in [-0.1, -0.05) is 11.6 Å². The number of halogens is 1. The van der Waals surface area contributed by atoms with Gasteiger partial charge < -0.3 is 19.7 Å². The number of ketones is 2. The number of hydrogen-bond donors (Lipinski definition) is 1. The number of likely N-dealkylation sites (tertiary alicyclic amines) is 1. The van der Waals surface area contributed by atoms with Crippen LogP contribution in [-0.2, 0) is 9.59 Å². The molecule has 0 spiro atoms. The molecule has 1 N–H and O–H groups in total. The predicted molar refractivity (Wildman–Crippen MR) is 117 cm³/mol. The Morgan fingerprint density at radius 2 is 1.90 bits per heavy atom. The Morgan fingerprint density at radius 1 is 1.13 bits per heavy atom. The van der Waals surface area contributed by atoms with Crippen LogP contribution < -0.4 is 14.8 Å². The molecule has 2 aromatic rings. The summed E-state index contributed by atoms with van der Waals surface area (Å²) in [5.74, 6) is 1.19. The van der Waals surface area contributed by atoms with Gasteiger partial charge in [-0.05, 0) is 45.0 Å². The molecular weight excluding hydrogens is 420 g/mol. The number of ether oxygens (including phenoxy) is 2. The Balaban J connectivity index is 1.58. The molecule has 1 aliphatic heterocycles. The van der Waals surface area contributed by atoms with Crippen LogP contribution in [0, 0.1) is 5.92 Å². The molecule has 31 heavy (non-hydrogen) atoms. The van der Waals surface area contributed by atoms with Gasteiger partial charge in [0.1, 0.15) is 12.1 Å². The third-order valence-corrected chi connectivity index (χ3v) is 5.82. The van der Waals surface area contributed by atoms with Gasteiger partial charge in [0.15, 0.2) is 17.3 Å². The molecule has 1 aromatic carbocycles. The lowest BCUT2D eigenvalue weighted by Gasteiger charge is -2.28. The lowest BCUT2D eigenvalue weighted by molar-refractivity contribution is -0.114. The highest BCUT2D eigenvalue weighted by atomic mass is 35.5. The van der Waals surface area contributed by atoms with Crippen molar-refractivity contribution in [2.45, 2.75) is 12.8 Å². The third kappa shape index (κ3) is 4.70. The zero-order valence-electron chi connectivity index (χ0n) is 17.4. The van der Waals surface area contributed by atoms with Crippen molar-refractivity contribution in [3.05, 3.63) is 41.3 Å². The van der Waals surface area contributed by atoms with Crippen LogP contribution in [0.2, 0.25) is 0 Å². The fourth-order valence-corrected chi connectivity index (χ4v) is 3.79. The first-order chi connectivity index (χ1) is 14.9. The maximum Gasteiger partial charge on any atom is 0.203 e. The number of benzene rings is 1. The summed E-state index contributed by atoms with van der Waals surface area (Å²) in [6.07, 6.45) is 5.84. The topological polar surface area (TPSA) is 93.6 Å². The van der Waals surface area contributed by atoms with E-state index in [0.717, 1.165) is 38.1 Å². The van der Waals surface area contributed by atoms with Crippen molar-refractivity contribution in [3.63, 3.8) is 0 Å². The van der Waals surface area contributed by atoms with E-state index in [9.17, 15) is 9.59 Å². The Bertz CT molecular complexity index is 1090. The number of carbonyl (C=O) groups is 2. The fraction of sp³-hybridized carbons (Fsp3) is 0.364. The minimum atomic E-state index is -0.440. The first kappa shape index (κ1) is 21.3. The number of aromatic nitrogens is 2. The van der Waals surface area contributed by atoms with Crippen molar-refractivity contribution in [1.82, 2.24) is 14.9 Å². The quantitative estimate of drug-likeness (QED) is 0.682. The predicted octanol–water partition coefficient (Wildman–Crippen LogP) is 2.93. The largest absolute Gasteiger partial charge is 0.493 e. The summed E-state index contributed by atoms with van der Waals surface area (Å²) in [6, 6.07) is 3.56. The van der Waals surface area contributed by atoms with Crippen molar-refractivity contribution in [2.75, 3.05) is 39.2 Å². The SMILES string of the molecule is COc1cc2c(NC3=CC(=O)C(Cl)=CC3=O)ncnc2cc1OCC1CCN(C)CC1. The molecule has 9 heteroatoms. The number of nitrogens with one attached hydrogen (secondary N) is 1. The van der Waals surface area contributed by atoms with Crippen molar-refractivity contribution < 1.29 is 19.1 Å². The van der Waals surface area contributed by atoms with Crippen LogP contribution in [0.25, 0.3) is 10.9 Å². The molecule has 0 saturated carbocycles. The summed E-state index contributed by atoms with van der Waals surface area (Å²) in [5.41, 5.74) is 0.719. The van der Waals surface area contributed by atoms with E-state index in [-0.39, 0.29) is 10.7 Å². The normalized spacial score (nSPS) is 18.0. The second-order valence-electron chi connectivity index (χ2n) is 7.70. The highest BCUT2D eigenvalue weighted by Gasteiger charge is 2.21. The molecule has 4 rings (SSSR count). The molecule has 0 atom stereocenters. The highest BCUT2D eigenvalue weighted by Crippen LogP contribution is 2.35. The standard InChI is InChI=1S/C22H23ClN4O4/c1-27-5-3-13(4-6-27)11-31-21-10-16-14(7-20(21)30-2)22(25-12-24-16)26-17-9-18(28)15(23)8-19(17)29/h7-10,12-13H,3-6,11H2,1-2H3,(H,24,25,26). The number of hydrogen-bond acceptors (Lipinski definition) is 8. The first-order valence-corrected chi connectivity index (χ1v) is 10.4. The van der Waals surface area contributed by atoms with Crippen LogP contribution >= 0.6 is 11.6 Å². The van der Waals surface area contributed by atoms with E-state index >= 15 is 0 Å². The molecule has 1 aliphatic carbocycles. The molecule has 0 bridgehead atoms. The van der Waals surface area contributed by atoms with Gasteiger partial charge in [0.05, 0.1) is 30.0 Å². The number of anilines is 1. The zero-order valence-corrected chi connectivity index (χ0v) is 18.1. The third-order valence-electron chi connectivity index (χ3n) is 5.52. The van der Waals surface area contributed by atoms with E-state index < -0.39 is 11.6 Å². The van der Waals surface area contributed by atoms with Crippen LogP contribution in [-0.4, -0.2) is 60.3 Å². The van der Waals surface area contributed by atoms with Crippen LogP contribution in [0.1, 0.15) is 12.8 Å². The fourth-order valence-electron chi connectivity index (χ4n) is 3.63. The van der Waals surface area contributed by atoms with Gasteiger partial charge in [-0.3, -0.25) is 9.59 Å². The molecule has 1 saturated heterocycles. The van der Waals surface area contributed by atoms with E-state index in [1.807, 2.05) is 0 Å². The zero-order chi connectivity index (χ0) is 22.0. The molecule has 0 unspecified atom stereocenters. The second-order valence-corrected chi connectivity index (χ2v) is 8.11. The average Bonchev–Trinajstić information content (AvgIpc) is 2.76. The average molecular weight is 443 g/mol. The Hall–Kier alpha value is -2.97. The monoisotopic (exact) mass is 442 g/mol. The lowest BCUT2D eigenvalue weighted by atomic mass is 9.98. The van der Waals surface area contributed by atoms with E-state index in [1.165, 1.54) is 6.33 Å². The molecule has 8 nitrogen and oxygen atoms in total. The van der Waals surface area contributed by atoms with Crippen LogP contribution in [0.4, 0.5) is 5.82 Å². The summed E-state index contributed by atoms with van der Waals surface area (Å²) in [7, 11) is 3.70. The van der Waals surface area contributed by atoms with Crippen LogP contribution in [0.5, 0.6) is 11.5 Å². The van der Waals surface area contributed by atoms with Gasteiger partial charge in [-0.25, -0.2) is 9.97 Å². The Morgan fingerprint density at radius 3 is 2.65 bits per heavy atom. The number of carbonyl (C=O) groups excluding carboxylic acids is 2. The van der Waals surface area contributed by atoms with Gasteiger partial charge in [0.25, 0.3) is 0 Å². The molecule has 0 amide bonds. The number of rotatable bonds is 6. The van der Waals surface area contributed by atoms with E-state index in [2.05, 4.69) is 27.2 Å². The number of allylic oxidation sites excluding steroid dienone is 3. The maximum atomic E-state index is 12.2. The van der Waals surface area contributed by atoms with Gasteiger partial charge in [-0.15, -0.1) is 0 Å². The van der Waals surface area contributed by atoms with Crippen LogP contribution in [0.15, 0.2) is 41.3 Å². The van der Waals surface area contributed by atoms with E-state index in [1.54, 1.807) is 19.2 Å². The Kier molecular flexibility index (Phi) is 6.20. The van der Waals surface area contributed by atoms with Gasteiger partial charge in [0, 0.05) is 23.6 Å². The van der Waals surface area contributed by atoms with Crippen molar-refractivity contribution in [3.8, 4) is 11.5 Å². The Labute approximate surface area is 184 Å².